The van der Waals surface area contributed by atoms with Crippen molar-refractivity contribution in [2.24, 2.45) is 23.7 Å². The van der Waals surface area contributed by atoms with Gasteiger partial charge in [0.1, 0.15) is 5.78 Å². The van der Waals surface area contributed by atoms with Gasteiger partial charge in [-0.05, 0) is 43.9 Å². The molecule has 0 saturated carbocycles. The topological polar surface area (TPSA) is 57.5 Å². The van der Waals surface area contributed by atoms with Crippen LogP contribution in [-0.2, 0) is 4.79 Å². The average molecular weight is 397 g/mol. The van der Waals surface area contributed by atoms with E-state index in [2.05, 4.69) is 40.7 Å². The Labute approximate surface area is 175 Å². The maximum atomic E-state index is 11.8. The second-order valence-corrected chi connectivity index (χ2v) is 9.48. The van der Waals surface area contributed by atoms with E-state index in [0.29, 0.717) is 12.8 Å². The van der Waals surface area contributed by atoms with E-state index in [0.717, 1.165) is 24.2 Å². The van der Waals surface area contributed by atoms with Crippen molar-refractivity contribution in [3.8, 4) is 0 Å². The summed E-state index contributed by atoms with van der Waals surface area (Å²) in [7, 11) is 0. The Hall–Kier alpha value is -0.670. The Balaban J connectivity index is 3.78. The Morgan fingerprint density at radius 1 is 0.786 bits per heavy atom. The van der Waals surface area contributed by atoms with Crippen LogP contribution in [0.5, 0.6) is 0 Å². The first kappa shape index (κ1) is 27.3. The molecule has 0 saturated heterocycles. The van der Waals surface area contributed by atoms with Gasteiger partial charge >= 0.3 is 0 Å². The number of Topliss-reactive ketones (excluding diaryl/α,β-unsaturated/α-hetero) is 1. The highest BCUT2D eigenvalue weighted by Crippen LogP contribution is 2.22. The SMILES string of the molecule is CC(=CCCC(=O)C(CO)CO)CCCC(C)CCCC(C)CCCC(C)C. The lowest BCUT2D eigenvalue weighted by Crippen LogP contribution is -2.21. The van der Waals surface area contributed by atoms with Crippen LogP contribution in [-0.4, -0.2) is 29.2 Å². The van der Waals surface area contributed by atoms with Crippen LogP contribution in [0, 0.1) is 23.7 Å². The van der Waals surface area contributed by atoms with Crippen LogP contribution in [0.2, 0.25) is 0 Å². The molecule has 0 aromatic rings. The molecule has 0 heterocycles. The van der Waals surface area contributed by atoms with Crippen LogP contribution in [0.1, 0.15) is 105 Å². The van der Waals surface area contributed by atoms with Gasteiger partial charge in [0.05, 0.1) is 19.1 Å². The first-order valence-corrected chi connectivity index (χ1v) is 11.7. The van der Waals surface area contributed by atoms with Crippen molar-refractivity contribution >= 4 is 5.78 Å². The Bertz CT molecular complexity index is 410. The summed E-state index contributed by atoms with van der Waals surface area (Å²) in [5.41, 5.74) is 1.35. The number of hydrogen-bond acceptors (Lipinski definition) is 3. The van der Waals surface area contributed by atoms with Gasteiger partial charge in [0, 0.05) is 6.42 Å². The molecule has 0 aliphatic rings. The van der Waals surface area contributed by atoms with Crippen molar-refractivity contribution in [1.29, 1.82) is 0 Å². The quantitative estimate of drug-likeness (QED) is 0.266. The molecule has 0 fully saturated rings. The predicted molar refractivity (Wildman–Crippen MR) is 120 cm³/mol. The zero-order valence-electron chi connectivity index (χ0n) is 19.4. The summed E-state index contributed by atoms with van der Waals surface area (Å²) in [6.07, 6.45) is 15.1. The third kappa shape index (κ3) is 15.3. The van der Waals surface area contributed by atoms with E-state index >= 15 is 0 Å². The summed E-state index contributed by atoms with van der Waals surface area (Å²) in [5, 5.41) is 18.1. The molecule has 0 amide bonds. The minimum Gasteiger partial charge on any atom is -0.396 e. The van der Waals surface area contributed by atoms with Crippen LogP contribution in [0.25, 0.3) is 0 Å². The lowest BCUT2D eigenvalue weighted by molar-refractivity contribution is -0.125. The van der Waals surface area contributed by atoms with Crippen molar-refractivity contribution in [1.82, 2.24) is 0 Å². The summed E-state index contributed by atoms with van der Waals surface area (Å²) in [6.45, 7) is 11.0. The molecule has 0 bridgehead atoms. The van der Waals surface area contributed by atoms with E-state index < -0.39 is 5.92 Å². The minimum atomic E-state index is -0.604. The van der Waals surface area contributed by atoms with Crippen molar-refractivity contribution < 1.29 is 15.0 Å². The fourth-order valence-corrected chi connectivity index (χ4v) is 3.74. The van der Waals surface area contributed by atoms with Crippen molar-refractivity contribution in [2.75, 3.05) is 13.2 Å². The normalized spacial score (nSPS) is 14.7. The number of rotatable bonds is 18. The van der Waals surface area contributed by atoms with Gasteiger partial charge in [-0.15, -0.1) is 0 Å². The molecule has 166 valence electrons. The van der Waals surface area contributed by atoms with E-state index in [1.807, 2.05) is 0 Å². The van der Waals surface area contributed by atoms with Gasteiger partial charge in [-0.1, -0.05) is 84.3 Å². The standard InChI is InChI=1S/C25H48O3/c1-20(2)10-6-11-21(3)12-7-13-22(4)14-8-15-23(5)16-9-17-25(28)24(18-26)19-27/h16,20-22,24,26-27H,6-15,17-19H2,1-5H3. The lowest BCUT2D eigenvalue weighted by Gasteiger charge is -2.15. The molecule has 2 unspecified atom stereocenters. The van der Waals surface area contributed by atoms with E-state index in [1.54, 1.807) is 0 Å². The van der Waals surface area contributed by atoms with E-state index in [9.17, 15) is 4.79 Å². The molecule has 0 rings (SSSR count). The van der Waals surface area contributed by atoms with Crippen LogP contribution in [0.15, 0.2) is 11.6 Å². The summed E-state index contributed by atoms with van der Waals surface area (Å²) in [6, 6.07) is 0. The van der Waals surface area contributed by atoms with Crippen LogP contribution in [0.4, 0.5) is 0 Å². The molecule has 0 aliphatic heterocycles. The highest BCUT2D eigenvalue weighted by molar-refractivity contribution is 5.81. The maximum Gasteiger partial charge on any atom is 0.140 e. The molecule has 0 aromatic heterocycles. The van der Waals surface area contributed by atoms with Crippen LogP contribution in [0.3, 0.4) is 0 Å². The van der Waals surface area contributed by atoms with Gasteiger partial charge in [-0.25, -0.2) is 0 Å². The summed E-state index contributed by atoms with van der Waals surface area (Å²) in [5.74, 6) is 1.86. The number of carbonyl (C=O) groups is 1. The molecule has 0 radical (unpaired) electrons. The van der Waals surface area contributed by atoms with Crippen molar-refractivity contribution in [3.63, 3.8) is 0 Å². The van der Waals surface area contributed by atoms with Gasteiger partial charge in [0.15, 0.2) is 0 Å². The third-order valence-corrected chi connectivity index (χ3v) is 5.92. The fraction of sp³-hybridized carbons (Fsp3) is 0.880. The smallest absolute Gasteiger partial charge is 0.140 e. The molecule has 3 heteroatoms. The molecular weight excluding hydrogens is 348 g/mol. The molecule has 0 aliphatic carbocycles. The monoisotopic (exact) mass is 396 g/mol. The highest BCUT2D eigenvalue weighted by Gasteiger charge is 2.15. The van der Waals surface area contributed by atoms with E-state index in [4.69, 9.17) is 10.2 Å². The van der Waals surface area contributed by atoms with Gasteiger partial charge in [-0.2, -0.15) is 0 Å². The molecule has 2 N–H and O–H groups in total. The van der Waals surface area contributed by atoms with E-state index in [1.165, 1.54) is 56.9 Å². The highest BCUT2D eigenvalue weighted by atomic mass is 16.3. The zero-order valence-corrected chi connectivity index (χ0v) is 19.4. The van der Waals surface area contributed by atoms with Crippen molar-refractivity contribution in [3.05, 3.63) is 11.6 Å². The summed E-state index contributed by atoms with van der Waals surface area (Å²) >= 11 is 0. The Morgan fingerprint density at radius 2 is 1.29 bits per heavy atom. The molecule has 2 atom stereocenters. The lowest BCUT2D eigenvalue weighted by atomic mass is 9.91. The van der Waals surface area contributed by atoms with Gasteiger partial charge in [-0.3, -0.25) is 4.79 Å². The first-order chi connectivity index (χ1) is 13.3. The van der Waals surface area contributed by atoms with Crippen LogP contribution < -0.4 is 0 Å². The zero-order chi connectivity index (χ0) is 21.4. The number of ketones is 1. The number of aliphatic hydroxyl groups is 2. The number of hydrogen-bond donors (Lipinski definition) is 2. The predicted octanol–water partition coefficient (Wildman–Crippen LogP) is 6.32. The minimum absolute atomic E-state index is 0.0406. The first-order valence-electron chi connectivity index (χ1n) is 11.7. The van der Waals surface area contributed by atoms with Gasteiger partial charge in [0.2, 0.25) is 0 Å². The number of aliphatic hydroxyl groups excluding tert-OH is 2. The van der Waals surface area contributed by atoms with Crippen LogP contribution >= 0.6 is 0 Å². The van der Waals surface area contributed by atoms with Crippen molar-refractivity contribution in [2.45, 2.75) is 105 Å². The summed E-state index contributed by atoms with van der Waals surface area (Å²) < 4.78 is 0. The van der Waals surface area contributed by atoms with Gasteiger partial charge in [0.25, 0.3) is 0 Å². The number of allylic oxidation sites excluding steroid dienone is 2. The fourth-order valence-electron chi connectivity index (χ4n) is 3.74. The average Bonchev–Trinajstić information content (AvgIpc) is 2.62. The maximum absolute atomic E-state index is 11.8. The number of carbonyl (C=O) groups excluding carboxylic acids is 1. The summed E-state index contributed by atoms with van der Waals surface area (Å²) in [4.78, 5) is 11.8. The largest absolute Gasteiger partial charge is 0.396 e. The van der Waals surface area contributed by atoms with Gasteiger partial charge < -0.3 is 10.2 Å². The molecular formula is C25H48O3. The molecule has 0 aromatic carbocycles. The molecule has 0 spiro atoms. The molecule has 3 nitrogen and oxygen atoms in total. The molecule has 28 heavy (non-hydrogen) atoms. The van der Waals surface area contributed by atoms with E-state index in [-0.39, 0.29) is 19.0 Å². The third-order valence-electron chi connectivity index (χ3n) is 5.92. The Kier molecular flexibility index (Phi) is 16.8. The Morgan fingerprint density at radius 3 is 1.79 bits per heavy atom. The second kappa shape index (κ2) is 17.2. The second-order valence-electron chi connectivity index (χ2n) is 9.48.